The molecule has 1 aliphatic rings. The molecule has 33 heavy (non-hydrogen) atoms. The van der Waals surface area contributed by atoms with Gasteiger partial charge < -0.3 is 19.5 Å². The molecule has 0 radical (unpaired) electrons. The predicted octanol–water partition coefficient (Wildman–Crippen LogP) is 4.33. The van der Waals surface area contributed by atoms with Crippen molar-refractivity contribution in [2.24, 2.45) is 0 Å². The monoisotopic (exact) mass is 445 g/mol. The lowest BCUT2D eigenvalue weighted by molar-refractivity contribution is -0.136. The SMILES string of the molecule is COc1ccc(C(=O)C[C@@]2(O)C(=O)N(Cc3cc(C)ccc3C)c3ccccc32)c(OC)c1. The number of nitrogens with zero attached hydrogens (tertiary/aromatic N) is 1. The molecule has 1 N–H and O–H groups in total. The summed E-state index contributed by atoms with van der Waals surface area (Å²) in [6.07, 6.45) is -0.394. The van der Waals surface area contributed by atoms with Crippen molar-refractivity contribution in [3.8, 4) is 11.5 Å². The minimum absolute atomic E-state index is 0.282. The Morgan fingerprint density at radius 1 is 1.00 bits per heavy atom. The molecule has 1 amide bonds. The molecule has 0 bridgehead atoms. The number of ether oxygens (including phenoxy) is 2. The van der Waals surface area contributed by atoms with Crippen LogP contribution < -0.4 is 14.4 Å². The topological polar surface area (TPSA) is 76.1 Å². The Morgan fingerprint density at radius 2 is 1.76 bits per heavy atom. The predicted molar refractivity (Wildman–Crippen MR) is 126 cm³/mol. The Kier molecular flexibility index (Phi) is 5.95. The van der Waals surface area contributed by atoms with Crippen LogP contribution in [0.2, 0.25) is 0 Å². The van der Waals surface area contributed by atoms with Crippen LogP contribution in [0.1, 0.15) is 39.0 Å². The molecule has 6 nitrogen and oxygen atoms in total. The van der Waals surface area contributed by atoms with E-state index in [1.54, 1.807) is 41.3 Å². The molecule has 1 heterocycles. The number of ketones is 1. The normalized spacial score (nSPS) is 17.1. The fraction of sp³-hybridized carbons (Fsp3) is 0.259. The molecule has 6 heteroatoms. The summed E-state index contributed by atoms with van der Waals surface area (Å²) in [7, 11) is 2.99. The smallest absolute Gasteiger partial charge is 0.264 e. The van der Waals surface area contributed by atoms with Crippen LogP contribution in [0.3, 0.4) is 0 Å². The number of aryl methyl sites for hydroxylation is 2. The van der Waals surface area contributed by atoms with Gasteiger partial charge in [-0.05, 0) is 43.2 Å². The van der Waals surface area contributed by atoms with Gasteiger partial charge in [0.1, 0.15) is 11.5 Å². The van der Waals surface area contributed by atoms with E-state index in [1.165, 1.54) is 14.2 Å². The Bertz CT molecular complexity index is 1230. The van der Waals surface area contributed by atoms with Gasteiger partial charge in [-0.25, -0.2) is 0 Å². The maximum Gasteiger partial charge on any atom is 0.264 e. The van der Waals surface area contributed by atoms with E-state index in [0.29, 0.717) is 29.3 Å². The summed E-state index contributed by atoms with van der Waals surface area (Å²) < 4.78 is 10.5. The van der Waals surface area contributed by atoms with Gasteiger partial charge in [0.05, 0.1) is 38.4 Å². The third-order valence-corrected chi connectivity index (χ3v) is 6.20. The first-order valence-corrected chi connectivity index (χ1v) is 10.7. The molecule has 170 valence electrons. The first-order chi connectivity index (χ1) is 15.8. The molecular weight excluding hydrogens is 418 g/mol. The molecule has 0 aliphatic carbocycles. The molecule has 4 rings (SSSR count). The van der Waals surface area contributed by atoms with Gasteiger partial charge in [0.15, 0.2) is 11.4 Å². The first kappa shape index (κ1) is 22.6. The Labute approximate surface area is 193 Å². The van der Waals surface area contributed by atoms with Crippen LogP contribution in [-0.2, 0) is 16.9 Å². The number of hydrogen-bond acceptors (Lipinski definition) is 5. The highest BCUT2D eigenvalue weighted by molar-refractivity contribution is 6.11. The van der Waals surface area contributed by atoms with Crippen molar-refractivity contribution >= 4 is 17.4 Å². The molecule has 1 aliphatic heterocycles. The lowest BCUT2D eigenvalue weighted by Gasteiger charge is -2.24. The van der Waals surface area contributed by atoms with Gasteiger partial charge in [-0.15, -0.1) is 0 Å². The molecule has 3 aromatic rings. The minimum Gasteiger partial charge on any atom is -0.497 e. The van der Waals surface area contributed by atoms with E-state index in [1.807, 2.05) is 38.1 Å². The van der Waals surface area contributed by atoms with E-state index >= 15 is 0 Å². The van der Waals surface area contributed by atoms with E-state index in [0.717, 1.165) is 16.7 Å². The maximum atomic E-state index is 13.6. The van der Waals surface area contributed by atoms with Crippen molar-refractivity contribution < 1.29 is 24.2 Å². The second-order valence-electron chi connectivity index (χ2n) is 8.36. The zero-order chi connectivity index (χ0) is 23.8. The highest BCUT2D eigenvalue weighted by Gasteiger charge is 2.51. The molecule has 0 aromatic heterocycles. The van der Waals surface area contributed by atoms with E-state index in [9.17, 15) is 14.7 Å². The van der Waals surface area contributed by atoms with Crippen molar-refractivity contribution in [2.45, 2.75) is 32.4 Å². The number of anilines is 1. The highest BCUT2D eigenvalue weighted by atomic mass is 16.5. The summed E-state index contributed by atoms with van der Waals surface area (Å²) in [5, 5.41) is 11.6. The van der Waals surface area contributed by atoms with Crippen LogP contribution in [0.15, 0.2) is 60.7 Å². The number of methoxy groups -OCH3 is 2. The zero-order valence-corrected chi connectivity index (χ0v) is 19.2. The highest BCUT2D eigenvalue weighted by Crippen LogP contribution is 2.44. The minimum atomic E-state index is -1.96. The van der Waals surface area contributed by atoms with E-state index in [-0.39, 0.29) is 5.56 Å². The molecule has 0 unspecified atom stereocenters. The van der Waals surface area contributed by atoms with Crippen LogP contribution in [-0.4, -0.2) is 31.0 Å². The molecule has 0 fully saturated rings. The van der Waals surface area contributed by atoms with Crippen molar-refractivity contribution in [3.63, 3.8) is 0 Å². The van der Waals surface area contributed by atoms with E-state index < -0.39 is 23.7 Å². The molecule has 0 saturated carbocycles. The average molecular weight is 446 g/mol. The van der Waals surface area contributed by atoms with E-state index in [4.69, 9.17) is 9.47 Å². The number of benzene rings is 3. The lowest BCUT2D eigenvalue weighted by Crippen LogP contribution is -2.41. The molecule has 0 spiro atoms. The van der Waals surface area contributed by atoms with Crippen molar-refractivity contribution in [1.82, 2.24) is 0 Å². The largest absolute Gasteiger partial charge is 0.497 e. The van der Waals surface area contributed by atoms with Gasteiger partial charge >= 0.3 is 0 Å². The van der Waals surface area contributed by atoms with Crippen LogP contribution in [0.25, 0.3) is 0 Å². The molecule has 1 atom stereocenters. The number of para-hydroxylation sites is 1. The number of rotatable bonds is 7. The van der Waals surface area contributed by atoms with Crippen LogP contribution in [0.4, 0.5) is 5.69 Å². The van der Waals surface area contributed by atoms with Gasteiger partial charge in [0, 0.05) is 11.6 Å². The number of aliphatic hydroxyl groups is 1. The second kappa shape index (κ2) is 8.71. The summed E-state index contributed by atoms with van der Waals surface area (Å²) in [5.74, 6) is -0.0304. The standard InChI is InChI=1S/C27H27NO5/c1-17-9-10-18(2)19(13-17)16-28-23-8-6-5-7-22(23)27(31,26(28)30)15-24(29)21-12-11-20(32-3)14-25(21)33-4/h5-14,31H,15-16H2,1-4H3/t27-/m0/s1. The number of hydrogen-bond donors (Lipinski definition) is 1. The zero-order valence-electron chi connectivity index (χ0n) is 19.2. The summed E-state index contributed by atoms with van der Waals surface area (Å²) in [4.78, 5) is 28.4. The van der Waals surface area contributed by atoms with Gasteiger partial charge in [0.2, 0.25) is 0 Å². The van der Waals surface area contributed by atoms with Crippen LogP contribution >= 0.6 is 0 Å². The van der Waals surface area contributed by atoms with Crippen molar-refractivity contribution in [3.05, 3.63) is 88.5 Å². The quantitative estimate of drug-likeness (QED) is 0.548. The van der Waals surface area contributed by atoms with Gasteiger partial charge in [-0.2, -0.15) is 0 Å². The number of fused-ring (bicyclic) bond motifs is 1. The summed E-state index contributed by atoms with van der Waals surface area (Å²) in [5.41, 5.74) is 2.50. The molecule has 0 saturated heterocycles. The van der Waals surface area contributed by atoms with Crippen LogP contribution in [0, 0.1) is 13.8 Å². The van der Waals surface area contributed by atoms with Gasteiger partial charge in [-0.1, -0.05) is 42.0 Å². The lowest BCUT2D eigenvalue weighted by atomic mass is 9.88. The van der Waals surface area contributed by atoms with Crippen molar-refractivity contribution in [1.29, 1.82) is 0 Å². The Morgan fingerprint density at radius 3 is 2.48 bits per heavy atom. The van der Waals surface area contributed by atoms with E-state index in [2.05, 4.69) is 0 Å². The van der Waals surface area contributed by atoms with Gasteiger partial charge in [-0.3, -0.25) is 9.59 Å². The second-order valence-corrected chi connectivity index (χ2v) is 8.36. The fourth-order valence-electron chi connectivity index (χ4n) is 4.33. The Hall–Kier alpha value is -3.64. The third kappa shape index (κ3) is 3.98. The van der Waals surface area contributed by atoms with Crippen LogP contribution in [0.5, 0.6) is 11.5 Å². The Balaban J connectivity index is 1.70. The molecule has 3 aromatic carbocycles. The summed E-state index contributed by atoms with van der Waals surface area (Å²) >= 11 is 0. The maximum absolute atomic E-state index is 13.6. The van der Waals surface area contributed by atoms with Gasteiger partial charge in [0.25, 0.3) is 5.91 Å². The fourth-order valence-corrected chi connectivity index (χ4v) is 4.33. The number of amides is 1. The third-order valence-electron chi connectivity index (χ3n) is 6.20. The number of carbonyl (C=O) groups excluding carboxylic acids is 2. The summed E-state index contributed by atoms with van der Waals surface area (Å²) in [6, 6.07) is 18.0. The summed E-state index contributed by atoms with van der Waals surface area (Å²) in [6.45, 7) is 4.30. The number of Topliss-reactive ketones (excluding diaryl/α,β-unsaturated/α-hetero) is 1. The molecular formula is C27H27NO5. The number of carbonyl (C=O) groups is 2. The van der Waals surface area contributed by atoms with Crippen molar-refractivity contribution in [2.75, 3.05) is 19.1 Å². The average Bonchev–Trinajstić information content (AvgIpc) is 3.02. The first-order valence-electron chi connectivity index (χ1n) is 10.7.